The number of nitrogens with zero attached hydrogens (tertiary/aromatic N) is 1. The van der Waals surface area contributed by atoms with Gasteiger partial charge in [-0.3, -0.25) is 4.90 Å². The van der Waals surface area contributed by atoms with E-state index in [4.69, 9.17) is 0 Å². The van der Waals surface area contributed by atoms with Gasteiger partial charge in [0.2, 0.25) is 0 Å². The van der Waals surface area contributed by atoms with Crippen molar-refractivity contribution in [3.8, 4) is 0 Å². The average Bonchev–Trinajstić information content (AvgIpc) is 2.63. The lowest BCUT2D eigenvalue weighted by Crippen LogP contribution is -2.39. The Kier molecular flexibility index (Phi) is 4.65. The first-order chi connectivity index (χ1) is 9.38. The summed E-state index contributed by atoms with van der Waals surface area (Å²) in [5.74, 6) is -1.75. The molecule has 1 heterocycles. The van der Waals surface area contributed by atoms with Crippen molar-refractivity contribution in [2.24, 2.45) is 5.92 Å². The second kappa shape index (κ2) is 6.10. The molecule has 2 rings (SSSR count). The van der Waals surface area contributed by atoms with Crippen molar-refractivity contribution < 1.29 is 17.6 Å². The van der Waals surface area contributed by atoms with Gasteiger partial charge in [-0.05, 0) is 24.6 Å². The third-order valence-corrected chi connectivity index (χ3v) is 3.76. The fourth-order valence-electron chi connectivity index (χ4n) is 2.49. The molecular weight excluding hydrogens is 272 g/mol. The van der Waals surface area contributed by atoms with E-state index in [1.54, 1.807) is 17.0 Å². The van der Waals surface area contributed by atoms with Crippen LogP contribution in [0.3, 0.4) is 0 Å². The zero-order chi connectivity index (χ0) is 14.8. The molecule has 0 radical (unpaired) electrons. The number of hydrogen-bond acceptors (Lipinski definition) is 2. The quantitative estimate of drug-likeness (QED) is 0.842. The number of halogens is 4. The Morgan fingerprint density at radius 2 is 2.10 bits per heavy atom. The van der Waals surface area contributed by atoms with Crippen molar-refractivity contribution >= 4 is 0 Å². The van der Waals surface area contributed by atoms with E-state index >= 15 is 0 Å². The van der Waals surface area contributed by atoms with Crippen LogP contribution in [0.1, 0.15) is 18.5 Å². The van der Waals surface area contributed by atoms with Crippen LogP contribution in [0, 0.1) is 11.7 Å². The maximum Gasteiger partial charge on any atom is 0.394 e. The summed E-state index contributed by atoms with van der Waals surface area (Å²) in [5.41, 5.74) is 0.702. The van der Waals surface area contributed by atoms with E-state index in [1.165, 1.54) is 12.1 Å². The molecule has 20 heavy (non-hydrogen) atoms. The molecule has 2 unspecified atom stereocenters. The van der Waals surface area contributed by atoms with Crippen LogP contribution in [0.5, 0.6) is 0 Å². The molecule has 2 nitrogen and oxygen atoms in total. The maximum atomic E-state index is 13.2. The topological polar surface area (TPSA) is 15.3 Å². The lowest BCUT2D eigenvalue weighted by molar-refractivity contribution is -0.176. The highest BCUT2D eigenvalue weighted by molar-refractivity contribution is 5.19. The van der Waals surface area contributed by atoms with Gasteiger partial charge in [0.1, 0.15) is 5.82 Å². The Hall–Kier alpha value is -1.14. The van der Waals surface area contributed by atoms with Crippen LogP contribution in [0.25, 0.3) is 0 Å². The Balaban J connectivity index is 2.13. The summed E-state index contributed by atoms with van der Waals surface area (Å²) in [5, 5.41) is 2.82. The number of benzene rings is 1. The molecule has 0 spiro atoms. The molecule has 0 aliphatic carbocycles. The van der Waals surface area contributed by atoms with E-state index in [2.05, 4.69) is 5.32 Å². The number of nitrogens with one attached hydrogen (secondary N) is 1. The summed E-state index contributed by atoms with van der Waals surface area (Å²) in [6.07, 6.45) is -4.21. The van der Waals surface area contributed by atoms with Crippen LogP contribution in [0.4, 0.5) is 17.6 Å². The van der Waals surface area contributed by atoms with Crippen LogP contribution in [-0.2, 0) is 0 Å². The SMILES string of the molecule is CC(c1cccc(F)c1)N1CCNCC(C(F)(F)F)C1. The molecule has 1 N–H and O–H groups in total. The Bertz CT molecular complexity index is 447. The fourth-order valence-corrected chi connectivity index (χ4v) is 2.49. The van der Waals surface area contributed by atoms with Crippen LogP contribution >= 0.6 is 0 Å². The third kappa shape index (κ3) is 3.70. The standard InChI is InChI=1S/C14H18F4N2/c1-10(11-3-2-4-13(15)7-11)20-6-5-19-8-12(9-20)14(16,17)18/h2-4,7,10,12,19H,5-6,8-9H2,1H3. The summed E-state index contributed by atoms with van der Waals surface area (Å²) >= 11 is 0. The van der Waals surface area contributed by atoms with Gasteiger partial charge in [0, 0.05) is 32.2 Å². The Morgan fingerprint density at radius 1 is 1.35 bits per heavy atom. The van der Waals surface area contributed by atoms with Crippen molar-refractivity contribution in [1.29, 1.82) is 0 Å². The van der Waals surface area contributed by atoms with Gasteiger partial charge >= 0.3 is 6.18 Å². The van der Waals surface area contributed by atoms with E-state index in [-0.39, 0.29) is 24.9 Å². The van der Waals surface area contributed by atoms with Crippen molar-refractivity contribution in [3.63, 3.8) is 0 Å². The minimum atomic E-state index is -4.21. The van der Waals surface area contributed by atoms with Crippen LogP contribution in [0.2, 0.25) is 0 Å². The van der Waals surface area contributed by atoms with Crippen LogP contribution in [-0.4, -0.2) is 37.3 Å². The summed E-state index contributed by atoms with van der Waals surface area (Å²) in [6, 6.07) is 5.80. The van der Waals surface area contributed by atoms with Gasteiger partial charge in [0.05, 0.1) is 5.92 Å². The lowest BCUT2D eigenvalue weighted by atomic mass is 10.0. The molecule has 0 amide bonds. The summed E-state index contributed by atoms with van der Waals surface area (Å²) in [7, 11) is 0. The molecule has 112 valence electrons. The first-order valence-electron chi connectivity index (χ1n) is 6.65. The highest BCUT2D eigenvalue weighted by atomic mass is 19.4. The third-order valence-electron chi connectivity index (χ3n) is 3.76. The van der Waals surface area contributed by atoms with Gasteiger partial charge in [-0.25, -0.2) is 4.39 Å². The van der Waals surface area contributed by atoms with Crippen LogP contribution < -0.4 is 5.32 Å². The summed E-state index contributed by atoms with van der Waals surface area (Å²) in [4.78, 5) is 1.76. The molecule has 1 aromatic rings. The first-order valence-corrected chi connectivity index (χ1v) is 6.65. The maximum absolute atomic E-state index is 13.2. The second-order valence-electron chi connectivity index (χ2n) is 5.17. The molecule has 2 atom stereocenters. The molecular formula is C14H18F4N2. The van der Waals surface area contributed by atoms with Gasteiger partial charge in [0.15, 0.2) is 0 Å². The van der Waals surface area contributed by atoms with Crippen molar-refractivity contribution in [2.75, 3.05) is 26.2 Å². The zero-order valence-electron chi connectivity index (χ0n) is 11.3. The first kappa shape index (κ1) is 15.3. The Labute approximate surface area is 115 Å². The van der Waals surface area contributed by atoms with Crippen molar-refractivity contribution in [3.05, 3.63) is 35.6 Å². The minimum Gasteiger partial charge on any atom is -0.315 e. The van der Waals surface area contributed by atoms with E-state index in [1.807, 2.05) is 6.92 Å². The monoisotopic (exact) mass is 290 g/mol. The van der Waals surface area contributed by atoms with E-state index in [9.17, 15) is 17.6 Å². The van der Waals surface area contributed by atoms with Crippen LogP contribution in [0.15, 0.2) is 24.3 Å². The van der Waals surface area contributed by atoms with Crippen molar-refractivity contribution in [2.45, 2.75) is 19.1 Å². The lowest BCUT2D eigenvalue weighted by Gasteiger charge is -2.30. The van der Waals surface area contributed by atoms with Gasteiger partial charge < -0.3 is 5.32 Å². The fraction of sp³-hybridized carbons (Fsp3) is 0.571. The number of hydrogen-bond donors (Lipinski definition) is 1. The highest BCUT2D eigenvalue weighted by Crippen LogP contribution is 2.30. The molecule has 0 aromatic heterocycles. The van der Waals surface area contributed by atoms with Gasteiger partial charge in [-0.15, -0.1) is 0 Å². The van der Waals surface area contributed by atoms with Gasteiger partial charge in [0.25, 0.3) is 0 Å². The molecule has 1 aliphatic rings. The molecule has 6 heteroatoms. The normalized spacial score (nSPS) is 23.4. The van der Waals surface area contributed by atoms with Crippen molar-refractivity contribution in [1.82, 2.24) is 10.2 Å². The zero-order valence-corrected chi connectivity index (χ0v) is 11.3. The van der Waals surface area contributed by atoms with E-state index < -0.39 is 12.1 Å². The predicted molar refractivity (Wildman–Crippen MR) is 68.8 cm³/mol. The number of rotatable bonds is 2. The molecule has 1 saturated heterocycles. The molecule has 0 saturated carbocycles. The van der Waals surface area contributed by atoms with Gasteiger partial charge in [-0.2, -0.15) is 13.2 Å². The number of alkyl halides is 3. The largest absolute Gasteiger partial charge is 0.394 e. The predicted octanol–water partition coefficient (Wildman–Crippen LogP) is 2.97. The van der Waals surface area contributed by atoms with Gasteiger partial charge in [-0.1, -0.05) is 12.1 Å². The molecule has 1 fully saturated rings. The smallest absolute Gasteiger partial charge is 0.315 e. The van der Waals surface area contributed by atoms with E-state index in [0.717, 1.165) is 0 Å². The van der Waals surface area contributed by atoms with E-state index in [0.29, 0.717) is 18.7 Å². The molecule has 1 aromatic carbocycles. The Morgan fingerprint density at radius 3 is 2.75 bits per heavy atom. The second-order valence-corrected chi connectivity index (χ2v) is 5.17. The average molecular weight is 290 g/mol. The highest BCUT2D eigenvalue weighted by Gasteiger charge is 2.41. The summed E-state index contributed by atoms with van der Waals surface area (Å²) < 4.78 is 51.9. The molecule has 0 bridgehead atoms. The summed E-state index contributed by atoms with van der Waals surface area (Å²) in [6.45, 7) is 2.72. The molecule has 1 aliphatic heterocycles. The minimum absolute atomic E-state index is 0.0597.